The second kappa shape index (κ2) is 6.59. The van der Waals surface area contributed by atoms with Crippen molar-refractivity contribution in [1.29, 1.82) is 0 Å². The third-order valence-corrected chi connectivity index (χ3v) is 3.44. The molecular weight excluding hydrogens is 349 g/mol. The van der Waals surface area contributed by atoms with Crippen molar-refractivity contribution in [2.24, 2.45) is 0 Å². The van der Waals surface area contributed by atoms with E-state index in [1.807, 2.05) is 0 Å². The molecule has 2 aromatic rings. The number of hydrogen-bond acceptors (Lipinski definition) is 5. The molecule has 0 bridgehead atoms. The van der Waals surface area contributed by atoms with E-state index in [4.69, 9.17) is 23.2 Å². The van der Waals surface area contributed by atoms with Gasteiger partial charge in [0.05, 0.1) is 20.4 Å². The summed E-state index contributed by atoms with van der Waals surface area (Å²) in [6, 6.07) is 7.12. The lowest BCUT2D eigenvalue weighted by Crippen LogP contribution is -2.12. The van der Waals surface area contributed by atoms with Crippen LogP contribution in [0.3, 0.4) is 0 Å². The largest absolute Gasteiger partial charge is 0.322 e. The molecule has 1 amide bonds. The number of amides is 1. The van der Waals surface area contributed by atoms with Crippen molar-refractivity contribution in [2.75, 3.05) is 5.32 Å². The van der Waals surface area contributed by atoms with Crippen LogP contribution in [0.2, 0.25) is 10.0 Å². The third-order valence-electron chi connectivity index (χ3n) is 2.81. The number of nitro benzene ring substituents is 2. The summed E-state index contributed by atoms with van der Waals surface area (Å²) in [4.78, 5) is 32.2. The van der Waals surface area contributed by atoms with Crippen LogP contribution in [0.15, 0.2) is 36.4 Å². The molecule has 8 nitrogen and oxygen atoms in total. The Balaban J connectivity index is 2.27. The first kappa shape index (κ1) is 16.7. The van der Waals surface area contributed by atoms with Gasteiger partial charge in [-0.05, 0) is 18.2 Å². The summed E-state index contributed by atoms with van der Waals surface area (Å²) in [5.41, 5.74) is -0.483. The molecule has 0 atom stereocenters. The minimum atomic E-state index is -0.684. The second-order valence-corrected chi connectivity index (χ2v) is 5.11. The van der Waals surface area contributed by atoms with E-state index in [2.05, 4.69) is 5.32 Å². The molecule has 0 heterocycles. The number of nitro groups is 2. The molecule has 0 aliphatic rings. The predicted octanol–water partition coefficient (Wildman–Crippen LogP) is 4.06. The van der Waals surface area contributed by atoms with Crippen LogP contribution in [0.4, 0.5) is 17.1 Å². The molecule has 0 spiro atoms. The highest BCUT2D eigenvalue weighted by Crippen LogP contribution is 2.28. The molecule has 0 saturated carbocycles. The van der Waals surface area contributed by atoms with E-state index in [1.54, 1.807) is 0 Å². The molecule has 10 heteroatoms. The Hall–Kier alpha value is -2.71. The molecule has 0 aromatic heterocycles. The monoisotopic (exact) mass is 355 g/mol. The lowest BCUT2D eigenvalue weighted by Gasteiger charge is -2.07. The van der Waals surface area contributed by atoms with Crippen molar-refractivity contribution >= 4 is 46.2 Å². The van der Waals surface area contributed by atoms with Crippen LogP contribution in [0.25, 0.3) is 0 Å². The lowest BCUT2D eigenvalue weighted by atomic mass is 10.2. The number of nitrogens with zero attached hydrogens (tertiary/aromatic N) is 2. The van der Waals surface area contributed by atoms with Gasteiger partial charge in [0.2, 0.25) is 0 Å². The highest BCUT2D eigenvalue weighted by molar-refractivity contribution is 6.34. The number of halogens is 2. The topological polar surface area (TPSA) is 115 Å². The van der Waals surface area contributed by atoms with Crippen LogP contribution >= 0.6 is 23.2 Å². The maximum atomic E-state index is 12.1. The first-order chi connectivity index (χ1) is 10.8. The molecule has 2 rings (SSSR count). The van der Waals surface area contributed by atoms with E-state index in [-0.39, 0.29) is 32.7 Å². The number of benzene rings is 2. The van der Waals surface area contributed by atoms with Crippen molar-refractivity contribution < 1.29 is 14.6 Å². The van der Waals surface area contributed by atoms with Gasteiger partial charge in [0, 0.05) is 23.9 Å². The van der Waals surface area contributed by atoms with Crippen LogP contribution in [0.5, 0.6) is 0 Å². The van der Waals surface area contributed by atoms with Gasteiger partial charge in [0.25, 0.3) is 17.3 Å². The Morgan fingerprint density at radius 2 is 1.65 bits per heavy atom. The van der Waals surface area contributed by atoms with E-state index in [9.17, 15) is 25.0 Å². The first-order valence-electron chi connectivity index (χ1n) is 5.99. The number of rotatable bonds is 4. The highest BCUT2D eigenvalue weighted by atomic mass is 35.5. The summed E-state index contributed by atoms with van der Waals surface area (Å²) in [5.74, 6) is -0.665. The molecule has 0 fully saturated rings. The molecule has 0 aliphatic carbocycles. The van der Waals surface area contributed by atoms with Gasteiger partial charge in [-0.3, -0.25) is 25.0 Å². The fourth-order valence-corrected chi connectivity index (χ4v) is 2.18. The van der Waals surface area contributed by atoms with Gasteiger partial charge in [0.15, 0.2) is 0 Å². The zero-order valence-corrected chi connectivity index (χ0v) is 12.7. The van der Waals surface area contributed by atoms with Gasteiger partial charge in [-0.15, -0.1) is 0 Å². The zero-order valence-electron chi connectivity index (χ0n) is 11.2. The molecule has 23 heavy (non-hydrogen) atoms. The molecule has 2 aromatic carbocycles. The van der Waals surface area contributed by atoms with Crippen LogP contribution in [-0.2, 0) is 0 Å². The Morgan fingerprint density at radius 1 is 0.957 bits per heavy atom. The Kier molecular flexibility index (Phi) is 4.77. The molecule has 0 radical (unpaired) electrons. The van der Waals surface area contributed by atoms with Crippen molar-refractivity contribution in [1.82, 2.24) is 0 Å². The van der Waals surface area contributed by atoms with E-state index < -0.39 is 15.8 Å². The van der Waals surface area contributed by atoms with Crippen LogP contribution in [0.1, 0.15) is 10.4 Å². The minimum Gasteiger partial charge on any atom is -0.322 e. The van der Waals surface area contributed by atoms with Gasteiger partial charge in [-0.2, -0.15) is 0 Å². The zero-order chi connectivity index (χ0) is 17.1. The summed E-state index contributed by atoms with van der Waals surface area (Å²) >= 11 is 11.5. The summed E-state index contributed by atoms with van der Waals surface area (Å²) in [5, 5.41) is 23.7. The SMILES string of the molecule is O=C(Nc1ccc(Cl)c([N+](=O)[O-])c1)c1ccc([N+](=O)[O-])cc1Cl. The molecule has 1 N–H and O–H groups in total. The fraction of sp³-hybridized carbons (Fsp3) is 0. The average Bonchev–Trinajstić information content (AvgIpc) is 2.48. The Bertz CT molecular complexity index is 825. The van der Waals surface area contributed by atoms with E-state index in [0.717, 1.165) is 18.2 Å². The Morgan fingerprint density at radius 3 is 2.22 bits per heavy atom. The number of hydrogen-bond donors (Lipinski definition) is 1. The van der Waals surface area contributed by atoms with Crippen molar-refractivity contribution in [3.63, 3.8) is 0 Å². The molecule has 0 unspecified atom stereocenters. The minimum absolute atomic E-state index is 0.00475. The summed E-state index contributed by atoms with van der Waals surface area (Å²) in [7, 11) is 0. The van der Waals surface area contributed by atoms with Gasteiger partial charge in [-0.1, -0.05) is 23.2 Å². The van der Waals surface area contributed by atoms with E-state index in [0.29, 0.717) is 0 Å². The summed E-state index contributed by atoms with van der Waals surface area (Å²) in [6.45, 7) is 0. The third kappa shape index (κ3) is 3.74. The van der Waals surface area contributed by atoms with Gasteiger partial charge >= 0.3 is 0 Å². The Labute approximate surface area is 138 Å². The van der Waals surface area contributed by atoms with Crippen molar-refractivity contribution in [2.45, 2.75) is 0 Å². The normalized spacial score (nSPS) is 10.2. The molecular formula is C13H7Cl2N3O5. The smallest absolute Gasteiger partial charge is 0.289 e. The molecule has 118 valence electrons. The van der Waals surface area contributed by atoms with E-state index >= 15 is 0 Å². The van der Waals surface area contributed by atoms with Crippen molar-refractivity contribution in [3.05, 3.63) is 72.2 Å². The average molecular weight is 356 g/mol. The second-order valence-electron chi connectivity index (χ2n) is 4.30. The van der Waals surface area contributed by atoms with Crippen LogP contribution in [-0.4, -0.2) is 15.8 Å². The summed E-state index contributed by atoms with van der Waals surface area (Å²) in [6.07, 6.45) is 0. The van der Waals surface area contributed by atoms with Gasteiger partial charge < -0.3 is 5.32 Å². The standard InChI is InChI=1S/C13H7Cl2N3O5/c14-10-4-1-7(5-12(10)18(22)23)16-13(19)9-3-2-8(17(20)21)6-11(9)15/h1-6H,(H,16,19). The maximum absolute atomic E-state index is 12.1. The van der Waals surface area contributed by atoms with Gasteiger partial charge in [0.1, 0.15) is 5.02 Å². The molecule has 0 aliphatic heterocycles. The number of anilines is 1. The van der Waals surface area contributed by atoms with E-state index in [1.165, 1.54) is 18.2 Å². The number of non-ortho nitro benzene ring substituents is 1. The highest BCUT2D eigenvalue weighted by Gasteiger charge is 2.17. The van der Waals surface area contributed by atoms with Gasteiger partial charge in [-0.25, -0.2) is 0 Å². The quantitative estimate of drug-likeness (QED) is 0.655. The number of carbonyl (C=O) groups excluding carboxylic acids is 1. The predicted molar refractivity (Wildman–Crippen MR) is 84.2 cm³/mol. The fourth-order valence-electron chi connectivity index (χ4n) is 1.73. The molecule has 0 saturated heterocycles. The number of carbonyl (C=O) groups is 1. The van der Waals surface area contributed by atoms with Crippen LogP contribution < -0.4 is 5.32 Å². The summed E-state index contributed by atoms with van der Waals surface area (Å²) < 4.78 is 0. The lowest BCUT2D eigenvalue weighted by molar-refractivity contribution is -0.384. The van der Waals surface area contributed by atoms with Crippen LogP contribution in [0, 0.1) is 20.2 Å². The van der Waals surface area contributed by atoms with Crippen molar-refractivity contribution in [3.8, 4) is 0 Å². The maximum Gasteiger partial charge on any atom is 0.289 e. The first-order valence-corrected chi connectivity index (χ1v) is 6.74. The number of nitrogens with one attached hydrogen (secondary N) is 1.